The number of nitrogens with one attached hydrogen (secondary N) is 1. The zero-order valence-corrected chi connectivity index (χ0v) is 15.5. The van der Waals surface area contributed by atoms with E-state index in [1.54, 1.807) is 24.4 Å². The maximum absolute atomic E-state index is 13.0. The lowest BCUT2D eigenvalue weighted by molar-refractivity contribution is 0.254. The van der Waals surface area contributed by atoms with Gasteiger partial charge in [0.25, 0.3) is 0 Å². The zero-order chi connectivity index (χ0) is 18.9. The average molecular weight is 397 g/mol. The Hall–Kier alpha value is -1.96. The number of nitrogen functional groups attached to an aromatic ring is 1. The first-order valence-corrected chi connectivity index (χ1v) is 8.86. The van der Waals surface area contributed by atoms with Crippen LogP contribution in [0.15, 0.2) is 24.4 Å². The number of halogens is 3. The van der Waals surface area contributed by atoms with Gasteiger partial charge >= 0.3 is 0 Å². The smallest absolute Gasteiger partial charge is 0.154 e. The predicted octanol–water partition coefficient (Wildman–Crippen LogP) is 3.05. The van der Waals surface area contributed by atoms with Crippen molar-refractivity contribution in [1.82, 2.24) is 9.97 Å². The summed E-state index contributed by atoms with van der Waals surface area (Å²) in [6.07, 6.45) is 2.61. The molecule has 3 rings (SSSR count). The van der Waals surface area contributed by atoms with Gasteiger partial charge in [0, 0.05) is 24.2 Å². The molecule has 1 aromatic heterocycles. The van der Waals surface area contributed by atoms with Crippen molar-refractivity contribution in [2.24, 2.45) is 5.73 Å². The van der Waals surface area contributed by atoms with Crippen LogP contribution in [0.4, 0.5) is 16.0 Å². The molecule has 0 unspecified atom stereocenters. The summed E-state index contributed by atoms with van der Waals surface area (Å²) in [4.78, 5) is 10.6. The van der Waals surface area contributed by atoms with Crippen LogP contribution in [0.1, 0.15) is 24.1 Å². The van der Waals surface area contributed by atoms with E-state index in [4.69, 9.17) is 40.1 Å². The SMILES string of the molecule is N=C(c1cccc(Cl)c1Cl)c1ncc(N2CCC(N)(CF)CC2)nc1N. The van der Waals surface area contributed by atoms with E-state index in [-0.39, 0.29) is 22.2 Å². The lowest BCUT2D eigenvalue weighted by Crippen LogP contribution is -2.52. The van der Waals surface area contributed by atoms with Gasteiger partial charge in [0.15, 0.2) is 5.82 Å². The highest BCUT2D eigenvalue weighted by molar-refractivity contribution is 6.44. The van der Waals surface area contributed by atoms with Gasteiger partial charge in [-0.2, -0.15) is 0 Å². The van der Waals surface area contributed by atoms with E-state index in [0.717, 1.165) is 0 Å². The molecule has 1 fully saturated rings. The molecule has 0 saturated carbocycles. The minimum absolute atomic E-state index is 0.0473. The van der Waals surface area contributed by atoms with Crippen LogP contribution in [0.2, 0.25) is 10.0 Å². The van der Waals surface area contributed by atoms with Crippen LogP contribution in [0.5, 0.6) is 0 Å². The molecule has 9 heteroatoms. The van der Waals surface area contributed by atoms with Crippen molar-refractivity contribution in [2.75, 3.05) is 30.4 Å². The van der Waals surface area contributed by atoms with E-state index in [0.29, 0.717) is 42.3 Å². The van der Waals surface area contributed by atoms with Crippen molar-refractivity contribution in [3.8, 4) is 0 Å². The first kappa shape index (κ1) is 18.8. The number of nitrogens with zero attached hydrogens (tertiary/aromatic N) is 3. The summed E-state index contributed by atoms with van der Waals surface area (Å²) in [7, 11) is 0. The fourth-order valence-corrected chi connectivity index (χ4v) is 3.27. The van der Waals surface area contributed by atoms with Gasteiger partial charge in [0.2, 0.25) is 0 Å². The molecule has 1 aliphatic heterocycles. The standard InChI is InChI=1S/C17H19Cl2FN6/c18-11-3-1-2-10(13(11)19)14(21)15-16(22)25-12(8-24-15)26-6-4-17(23,9-20)5-7-26/h1-3,8,21H,4-7,9,23H2,(H2,22,25). The van der Waals surface area contributed by atoms with Crippen molar-refractivity contribution < 1.29 is 4.39 Å². The average Bonchev–Trinajstić information content (AvgIpc) is 2.64. The second-order valence-corrected chi connectivity index (χ2v) is 7.21. The van der Waals surface area contributed by atoms with E-state index >= 15 is 0 Å². The number of alkyl halides is 1. The molecule has 26 heavy (non-hydrogen) atoms. The van der Waals surface area contributed by atoms with Crippen molar-refractivity contribution >= 4 is 40.5 Å². The summed E-state index contributed by atoms with van der Waals surface area (Å²) in [6.45, 7) is 0.613. The summed E-state index contributed by atoms with van der Waals surface area (Å²) < 4.78 is 13.0. The van der Waals surface area contributed by atoms with Gasteiger partial charge in [0.1, 0.15) is 18.2 Å². The largest absolute Gasteiger partial charge is 0.382 e. The van der Waals surface area contributed by atoms with Gasteiger partial charge < -0.3 is 16.4 Å². The van der Waals surface area contributed by atoms with Gasteiger partial charge in [-0.3, -0.25) is 5.41 Å². The Morgan fingerprint density at radius 1 is 1.31 bits per heavy atom. The molecule has 0 atom stereocenters. The zero-order valence-electron chi connectivity index (χ0n) is 14.0. The fraction of sp³-hybridized carbons (Fsp3) is 0.353. The minimum Gasteiger partial charge on any atom is -0.382 e. The van der Waals surface area contributed by atoms with E-state index in [1.165, 1.54) is 0 Å². The monoisotopic (exact) mass is 396 g/mol. The minimum atomic E-state index is -0.763. The molecule has 0 radical (unpaired) electrons. The highest BCUT2D eigenvalue weighted by atomic mass is 35.5. The fourth-order valence-electron chi connectivity index (χ4n) is 2.88. The summed E-state index contributed by atoms with van der Waals surface area (Å²) in [5.41, 5.74) is 11.9. The molecule has 0 aliphatic carbocycles. The number of benzene rings is 1. The molecule has 138 valence electrons. The Morgan fingerprint density at radius 2 is 2.00 bits per heavy atom. The summed E-state index contributed by atoms with van der Waals surface area (Å²) in [6, 6.07) is 5.02. The normalized spacial score (nSPS) is 16.5. The van der Waals surface area contributed by atoms with E-state index < -0.39 is 12.2 Å². The van der Waals surface area contributed by atoms with Gasteiger partial charge in [-0.05, 0) is 18.9 Å². The first-order valence-electron chi connectivity index (χ1n) is 8.10. The molecule has 1 aromatic carbocycles. The Bertz CT molecular complexity index is 836. The molecular formula is C17H19Cl2FN6. The van der Waals surface area contributed by atoms with Gasteiger partial charge in [-0.1, -0.05) is 35.3 Å². The maximum atomic E-state index is 13.0. The Kier molecular flexibility index (Phi) is 5.32. The second-order valence-electron chi connectivity index (χ2n) is 6.42. The molecule has 1 saturated heterocycles. The van der Waals surface area contributed by atoms with Gasteiger partial charge in [-0.25, -0.2) is 14.4 Å². The summed E-state index contributed by atoms with van der Waals surface area (Å²) in [5, 5.41) is 8.96. The highest BCUT2D eigenvalue weighted by Gasteiger charge is 2.31. The maximum Gasteiger partial charge on any atom is 0.154 e. The van der Waals surface area contributed by atoms with Crippen LogP contribution in [0.25, 0.3) is 0 Å². The van der Waals surface area contributed by atoms with Crippen molar-refractivity contribution in [3.63, 3.8) is 0 Å². The summed E-state index contributed by atoms with van der Waals surface area (Å²) >= 11 is 12.2. The first-order chi connectivity index (χ1) is 12.3. The Labute approximate surface area is 160 Å². The third-order valence-corrected chi connectivity index (χ3v) is 5.41. The molecule has 5 N–H and O–H groups in total. The Morgan fingerprint density at radius 3 is 2.62 bits per heavy atom. The topological polar surface area (TPSA) is 105 Å². The number of nitrogens with two attached hydrogens (primary N) is 2. The number of aromatic nitrogens is 2. The van der Waals surface area contributed by atoms with Crippen molar-refractivity contribution in [1.29, 1.82) is 5.41 Å². The molecule has 0 spiro atoms. The third kappa shape index (κ3) is 3.60. The second kappa shape index (κ2) is 7.34. The number of hydrogen-bond acceptors (Lipinski definition) is 6. The van der Waals surface area contributed by atoms with Gasteiger partial charge in [0.05, 0.1) is 22.0 Å². The molecule has 2 heterocycles. The van der Waals surface area contributed by atoms with E-state index in [1.807, 2.05) is 4.90 Å². The van der Waals surface area contributed by atoms with Crippen molar-refractivity contribution in [2.45, 2.75) is 18.4 Å². The molecule has 0 amide bonds. The van der Waals surface area contributed by atoms with Crippen LogP contribution in [-0.2, 0) is 0 Å². The van der Waals surface area contributed by atoms with Crippen LogP contribution in [-0.4, -0.2) is 41.0 Å². The van der Waals surface area contributed by atoms with Gasteiger partial charge in [-0.15, -0.1) is 0 Å². The lowest BCUT2D eigenvalue weighted by Gasteiger charge is -2.37. The van der Waals surface area contributed by atoms with Crippen LogP contribution in [0, 0.1) is 5.41 Å². The third-order valence-electron chi connectivity index (χ3n) is 4.59. The van der Waals surface area contributed by atoms with E-state index in [9.17, 15) is 4.39 Å². The van der Waals surface area contributed by atoms with E-state index in [2.05, 4.69) is 9.97 Å². The number of anilines is 2. The highest BCUT2D eigenvalue weighted by Crippen LogP contribution is 2.29. The number of hydrogen-bond donors (Lipinski definition) is 3. The molecular weight excluding hydrogens is 378 g/mol. The quantitative estimate of drug-likeness (QED) is 0.688. The van der Waals surface area contributed by atoms with Crippen LogP contribution in [0.3, 0.4) is 0 Å². The van der Waals surface area contributed by atoms with Crippen molar-refractivity contribution in [3.05, 3.63) is 45.7 Å². The predicted molar refractivity (Wildman–Crippen MR) is 103 cm³/mol. The van der Waals surface area contributed by atoms with Crippen LogP contribution >= 0.6 is 23.2 Å². The Balaban J connectivity index is 1.82. The number of rotatable bonds is 4. The molecule has 6 nitrogen and oxygen atoms in total. The lowest BCUT2D eigenvalue weighted by atomic mass is 9.90. The summed E-state index contributed by atoms with van der Waals surface area (Å²) in [5.74, 6) is 0.704. The van der Waals surface area contributed by atoms with Crippen LogP contribution < -0.4 is 16.4 Å². The molecule has 2 aromatic rings. The molecule has 1 aliphatic rings. The molecule has 0 bridgehead atoms. The number of piperidine rings is 1.